The molecule has 0 amide bonds. The van der Waals surface area contributed by atoms with Crippen LogP contribution in [0.1, 0.15) is 26.2 Å². The molecule has 0 fully saturated rings. The lowest BCUT2D eigenvalue weighted by atomic mass is 10.3. The van der Waals surface area contributed by atoms with E-state index < -0.39 is 0 Å². The maximum Gasteiger partial charge on any atom is 0.138 e. The molecule has 0 spiro atoms. The first kappa shape index (κ1) is 11.7. The van der Waals surface area contributed by atoms with Gasteiger partial charge in [0.15, 0.2) is 0 Å². The SMILES string of the molecule is CCCC[CH]Oc1ccc(Cl)cc1Cl. The fourth-order valence-electron chi connectivity index (χ4n) is 1.01. The van der Waals surface area contributed by atoms with Gasteiger partial charge in [0.2, 0.25) is 0 Å². The summed E-state index contributed by atoms with van der Waals surface area (Å²) in [5.74, 6) is 0.659. The van der Waals surface area contributed by atoms with E-state index in [-0.39, 0.29) is 0 Å². The highest BCUT2D eigenvalue weighted by Crippen LogP contribution is 2.28. The van der Waals surface area contributed by atoms with Gasteiger partial charge in [0.25, 0.3) is 0 Å². The summed E-state index contributed by atoms with van der Waals surface area (Å²) in [6.45, 7) is 3.92. The third-order valence-electron chi connectivity index (χ3n) is 1.78. The molecule has 0 bridgehead atoms. The van der Waals surface area contributed by atoms with Gasteiger partial charge in [-0.3, -0.25) is 0 Å². The molecule has 77 valence electrons. The van der Waals surface area contributed by atoms with Crippen molar-refractivity contribution in [1.82, 2.24) is 0 Å². The van der Waals surface area contributed by atoms with Crippen molar-refractivity contribution in [3.63, 3.8) is 0 Å². The van der Waals surface area contributed by atoms with Crippen molar-refractivity contribution in [2.45, 2.75) is 26.2 Å². The fourth-order valence-corrected chi connectivity index (χ4v) is 1.46. The molecule has 0 aromatic heterocycles. The Morgan fingerprint density at radius 1 is 1.36 bits per heavy atom. The van der Waals surface area contributed by atoms with E-state index in [0.717, 1.165) is 19.3 Å². The van der Waals surface area contributed by atoms with Crippen LogP contribution in [0.3, 0.4) is 0 Å². The normalized spacial score (nSPS) is 10.2. The lowest BCUT2D eigenvalue weighted by Gasteiger charge is -2.06. The minimum absolute atomic E-state index is 0.547. The molecule has 1 aromatic rings. The number of benzene rings is 1. The number of ether oxygens (including phenoxy) is 1. The summed E-state index contributed by atoms with van der Waals surface area (Å²) in [5.41, 5.74) is 0. The first-order chi connectivity index (χ1) is 6.74. The minimum Gasteiger partial charge on any atom is -0.485 e. The van der Waals surface area contributed by atoms with Gasteiger partial charge in [-0.2, -0.15) is 0 Å². The summed E-state index contributed by atoms with van der Waals surface area (Å²) >= 11 is 11.7. The Balaban J connectivity index is 2.42. The van der Waals surface area contributed by atoms with E-state index in [9.17, 15) is 0 Å². The number of halogens is 2. The molecule has 0 unspecified atom stereocenters. The quantitative estimate of drug-likeness (QED) is 0.667. The van der Waals surface area contributed by atoms with E-state index >= 15 is 0 Å². The van der Waals surface area contributed by atoms with Gasteiger partial charge in [-0.25, -0.2) is 0 Å². The molecule has 3 heteroatoms. The van der Waals surface area contributed by atoms with Crippen LogP contribution >= 0.6 is 23.2 Å². The summed E-state index contributed by atoms with van der Waals surface area (Å²) in [6.07, 6.45) is 3.23. The summed E-state index contributed by atoms with van der Waals surface area (Å²) in [6, 6.07) is 5.20. The highest BCUT2D eigenvalue weighted by molar-refractivity contribution is 6.35. The predicted molar refractivity (Wildman–Crippen MR) is 60.9 cm³/mol. The lowest BCUT2D eigenvalue weighted by Crippen LogP contribution is -1.90. The van der Waals surface area contributed by atoms with Crippen LogP contribution in [0.15, 0.2) is 18.2 Å². The van der Waals surface area contributed by atoms with Gasteiger partial charge in [-0.15, -0.1) is 0 Å². The zero-order chi connectivity index (χ0) is 10.4. The zero-order valence-electron chi connectivity index (χ0n) is 8.09. The van der Waals surface area contributed by atoms with Crippen molar-refractivity contribution < 1.29 is 4.74 Å². The minimum atomic E-state index is 0.547. The lowest BCUT2D eigenvalue weighted by molar-refractivity contribution is 0.386. The van der Waals surface area contributed by atoms with Gasteiger partial charge in [0.1, 0.15) is 12.4 Å². The fraction of sp³-hybridized carbons (Fsp3) is 0.364. The molecule has 1 rings (SSSR count). The van der Waals surface area contributed by atoms with Crippen LogP contribution in [0, 0.1) is 6.61 Å². The monoisotopic (exact) mass is 231 g/mol. The molecule has 0 heterocycles. The third kappa shape index (κ3) is 3.77. The largest absolute Gasteiger partial charge is 0.485 e. The van der Waals surface area contributed by atoms with Gasteiger partial charge in [-0.05, 0) is 31.0 Å². The van der Waals surface area contributed by atoms with E-state index in [1.807, 2.05) is 0 Å². The van der Waals surface area contributed by atoms with Crippen molar-refractivity contribution in [2.75, 3.05) is 0 Å². The maximum absolute atomic E-state index is 5.91. The first-order valence-corrected chi connectivity index (χ1v) is 5.43. The molecule has 0 aliphatic rings. The van der Waals surface area contributed by atoms with Crippen LogP contribution in [0.25, 0.3) is 0 Å². The van der Waals surface area contributed by atoms with E-state index in [4.69, 9.17) is 27.9 Å². The molecule has 0 saturated heterocycles. The van der Waals surface area contributed by atoms with Crippen LogP contribution in [0.5, 0.6) is 5.75 Å². The molecule has 0 saturated carbocycles. The van der Waals surface area contributed by atoms with Crippen LogP contribution in [-0.4, -0.2) is 0 Å². The van der Waals surface area contributed by atoms with Crippen molar-refractivity contribution in [2.24, 2.45) is 0 Å². The number of unbranched alkanes of at least 4 members (excludes halogenated alkanes) is 2. The Labute approximate surface area is 95.0 Å². The Hall–Kier alpha value is -0.400. The molecular weight excluding hydrogens is 219 g/mol. The molecule has 1 nitrogen and oxygen atoms in total. The average Bonchev–Trinajstić information content (AvgIpc) is 2.15. The third-order valence-corrected chi connectivity index (χ3v) is 2.31. The Morgan fingerprint density at radius 3 is 2.79 bits per heavy atom. The molecule has 0 atom stereocenters. The van der Waals surface area contributed by atoms with Gasteiger partial charge >= 0.3 is 0 Å². The maximum atomic E-state index is 5.91. The van der Waals surface area contributed by atoms with E-state index in [1.165, 1.54) is 0 Å². The van der Waals surface area contributed by atoms with Gasteiger partial charge in [0, 0.05) is 5.02 Å². The first-order valence-electron chi connectivity index (χ1n) is 4.67. The number of hydrogen-bond acceptors (Lipinski definition) is 1. The Morgan fingerprint density at radius 2 is 2.14 bits per heavy atom. The van der Waals surface area contributed by atoms with E-state index in [2.05, 4.69) is 6.92 Å². The van der Waals surface area contributed by atoms with Crippen LogP contribution in [0.2, 0.25) is 10.0 Å². The average molecular weight is 232 g/mol. The molecule has 0 N–H and O–H groups in total. The second-order valence-electron chi connectivity index (χ2n) is 3.00. The number of hydrogen-bond donors (Lipinski definition) is 0. The summed E-state index contributed by atoms with van der Waals surface area (Å²) in [4.78, 5) is 0. The molecule has 0 aliphatic heterocycles. The highest BCUT2D eigenvalue weighted by Gasteiger charge is 2.01. The molecule has 1 radical (unpaired) electrons. The summed E-state index contributed by atoms with van der Waals surface area (Å²) < 4.78 is 5.38. The zero-order valence-corrected chi connectivity index (χ0v) is 9.61. The molecular formula is C11H13Cl2O. The topological polar surface area (TPSA) is 9.23 Å². The van der Waals surface area contributed by atoms with Crippen molar-refractivity contribution in [3.8, 4) is 5.75 Å². The van der Waals surface area contributed by atoms with Crippen LogP contribution in [0.4, 0.5) is 0 Å². The Kier molecular flexibility index (Phi) is 5.13. The Bertz CT molecular complexity index is 287. The van der Waals surface area contributed by atoms with Gasteiger partial charge in [-0.1, -0.05) is 36.5 Å². The van der Waals surface area contributed by atoms with Crippen molar-refractivity contribution in [1.29, 1.82) is 0 Å². The molecule has 0 aliphatic carbocycles. The van der Waals surface area contributed by atoms with Crippen molar-refractivity contribution >= 4 is 23.2 Å². The van der Waals surface area contributed by atoms with Gasteiger partial charge < -0.3 is 4.74 Å². The summed E-state index contributed by atoms with van der Waals surface area (Å²) in [7, 11) is 0. The summed E-state index contributed by atoms with van der Waals surface area (Å²) in [5, 5.41) is 1.17. The number of rotatable bonds is 5. The standard InChI is InChI=1S/C11H13Cl2O/c1-2-3-4-7-14-11-6-5-9(12)8-10(11)13/h5-8H,2-4H2,1H3. The van der Waals surface area contributed by atoms with E-state index in [0.29, 0.717) is 15.8 Å². The van der Waals surface area contributed by atoms with Crippen LogP contribution < -0.4 is 4.74 Å². The molecule has 1 aromatic carbocycles. The van der Waals surface area contributed by atoms with Gasteiger partial charge in [0.05, 0.1) is 5.02 Å². The van der Waals surface area contributed by atoms with E-state index in [1.54, 1.807) is 24.8 Å². The highest BCUT2D eigenvalue weighted by atomic mass is 35.5. The smallest absolute Gasteiger partial charge is 0.138 e. The predicted octanol–water partition coefficient (Wildman–Crippen LogP) is 4.72. The second-order valence-corrected chi connectivity index (χ2v) is 3.85. The van der Waals surface area contributed by atoms with Crippen molar-refractivity contribution in [3.05, 3.63) is 34.9 Å². The second kappa shape index (κ2) is 6.15. The van der Waals surface area contributed by atoms with Crippen LogP contribution in [-0.2, 0) is 0 Å². The molecule has 14 heavy (non-hydrogen) atoms.